The quantitative estimate of drug-likeness (QED) is 0.0842. The SMILES string of the molecule is CC1Oc2nc(-c3cc(NC(=O)OC(C)(C)C)cc4cccc(C#C[Si](C(C)C)(C(C)C)C(C)C)c34)c(F)c3nc(OCC4(CN(C)CC(F)(F)F)CC4)nc(c23)N2CC3CCC(C12)N3C(=O)O. The lowest BCUT2D eigenvalue weighted by molar-refractivity contribution is -0.144. The van der Waals surface area contributed by atoms with Crippen molar-refractivity contribution in [3.05, 3.63) is 41.7 Å². The molecule has 3 fully saturated rings. The number of anilines is 2. The molecule has 8 rings (SSSR count). The molecule has 1 aliphatic carbocycles. The van der Waals surface area contributed by atoms with Gasteiger partial charge in [-0.2, -0.15) is 23.1 Å². The Bertz CT molecular complexity index is 2670. The average Bonchev–Trinajstić information content (AvgIpc) is 3.93. The monoisotopic (exact) mass is 961 g/mol. The summed E-state index contributed by atoms with van der Waals surface area (Å²) < 4.78 is 76.9. The minimum absolute atomic E-state index is 0.0140. The van der Waals surface area contributed by atoms with Gasteiger partial charge >= 0.3 is 24.4 Å². The molecule has 2 amide bonds. The fourth-order valence-electron chi connectivity index (χ4n) is 11.5. The third kappa shape index (κ3) is 9.36. The largest absolute Gasteiger partial charge is 0.472 e. The minimum Gasteiger partial charge on any atom is -0.472 e. The first kappa shape index (κ1) is 49.0. The number of hydrogen-bond donors (Lipinski definition) is 2. The fraction of sp³-hybridized carbons (Fsp3) is 0.580. The number of pyridine rings is 1. The number of alkyl halides is 3. The van der Waals surface area contributed by atoms with Crippen molar-refractivity contribution in [1.82, 2.24) is 24.8 Å². The number of aromatic nitrogens is 3. The molecular formula is C50H63F4N7O6Si. The van der Waals surface area contributed by atoms with Gasteiger partial charge in [-0.25, -0.2) is 19.0 Å². The van der Waals surface area contributed by atoms with Gasteiger partial charge in [0.25, 0.3) is 0 Å². The highest BCUT2D eigenvalue weighted by Gasteiger charge is 2.53. The van der Waals surface area contributed by atoms with Gasteiger partial charge in [-0.3, -0.25) is 15.1 Å². The van der Waals surface area contributed by atoms with E-state index in [9.17, 15) is 27.9 Å². The summed E-state index contributed by atoms with van der Waals surface area (Å²) >= 11 is 0. The standard InChI is InChI=1S/C50H63F4N7O6Si/c1-27(2)68(28(3)4,29(5)6)20-17-31-13-12-14-32-21-33(55-46(62)67-48(8,9)10)22-35(37(31)32)40-39(51)41-38-43(58-45(57-41)65-26-49(18-19-49)24-59(11)25-50(52,53)54)60-23-34-15-16-36(61(34)47(63)64)42(60)30(7)66-44(38)56-40/h12-14,21-22,27-30,34,36,42H,15-16,18-19,23-26H2,1-11H3,(H,55,62)(H,63,64). The topological polar surface area (TPSA) is 142 Å². The van der Waals surface area contributed by atoms with Crippen molar-refractivity contribution in [1.29, 1.82) is 0 Å². The van der Waals surface area contributed by atoms with E-state index < -0.39 is 68.0 Å². The van der Waals surface area contributed by atoms with Crippen LogP contribution in [-0.2, 0) is 4.74 Å². The molecule has 68 heavy (non-hydrogen) atoms. The molecule has 2 aromatic heterocycles. The summed E-state index contributed by atoms with van der Waals surface area (Å²) in [6, 6.07) is 7.47. The maximum absolute atomic E-state index is 18.2. The highest BCUT2D eigenvalue weighted by molar-refractivity contribution is 6.90. The van der Waals surface area contributed by atoms with Gasteiger partial charge in [-0.15, -0.1) is 5.54 Å². The van der Waals surface area contributed by atoms with Crippen molar-refractivity contribution >= 4 is 53.4 Å². The molecule has 13 nitrogen and oxygen atoms in total. The first-order valence-electron chi connectivity index (χ1n) is 23.7. The van der Waals surface area contributed by atoms with Crippen LogP contribution >= 0.6 is 0 Å². The molecule has 4 unspecified atom stereocenters. The number of amides is 2. The zero-order chi connectivity index (χ0) is 49.4. The second-order valence-electron chi connectivity index (χ2n) is 21.4. The van der Waals surface area contributed by atoms with E-state index in [-0.39, 0.29) is 60.0 Å². The Morgan fingerprint density at radius 3 is 2.34 bits per heavy atom. The Balaban J connectivity index is 1.34. The Morgan fingerprint density at radius 1 is 1.03 bits per heavy atom. The van der Waals surface area contributed by atoms with E-state index in [0.29, 0.717) is 69.9 Å². The Morgan fingerprint density at radius 2 is 1.72 bits per heavy atom. The van der Waals surface area contributed by atoms with E-state index in [4.69, 9.17) is 29.2 Å². The number of carbonyl (C=O) groups is 2. The van der Waals surface area contributed by atoms with Crippen LogP contribution in [0.25, 0.3) is 32.9 Å². The van der Waals surface area contributed by atoms with Crippen molar-refractivity contribution in [3.8, 4) is 34.6 Å². The predicted molar refractivity (Wildman–Crippen MR) is 257 cm³/mol. The van der Waals surface area contributed by atoms with Gasteiger partial charge in [0.05, 0.1) is 31.3 Å². The molecule has 4 aromatic rings. The van der Waals surface area contributed by atoms with Crippen LogP contribution in [0.5, 0.6) is 11.9 Å². The van der Waals surface area contributed by atoms with Gasteiger partial charge in [0.1, 0.15) is 42.2 Å². The van der Waals surface area contributed by atoms with Gasteiger partial charge in [0.15, 0.2) is 5.82 Å². The van der Waals surface area contributed by atoms with Gasteiger partial charge < -0.3 is 24.2 Å². The van der Waals surface area contributed by atoms with Crippen LogP contribution in [0, 0.1) is 22.7 Å². The van der Waals surface area contributed by atoms with Gasteiger partial charge in [0.2, 0.25) is 5.88 Å². The van der Waals surface area contributed by atoms with Crippen molar-refractivity contribution in [2.45, 2.75) is 148 Å². The summed E-state index contributed by atoms with van der Waals surface area (Å²) in [5.74, 6) is 3.04. The van der Waals surface area contributed by atoms with Gasteiger partial charge in [0, 0.05) is 40.7 Å². The van der Waals surface area contributed by atoms with Gasteiger partial charge in [-0.1, -0.05) is 59.6 Å². The summed E-state index contributed by atoms with van der Waals surface area (Å²) in [5, 5.41) is 14.6. The lowest BCUT2D eigenvalue weighted by Gasteiger charge is -2.47. The van der Waals surface area contributed by atoms with Crippen LogP contribution in [-0.4, -0.2) is 119 Å². The number of piperazine rings is 1. The number of carbonyl (C=O) groups excluding carboxylic acids is 1. The third-order valence-corrected chi connectivity index (χ3v) is 20.7. The number of nitrogens with one attached hydrogen (secondary N) is 1. The summed E-state index contributed by atoms with van der Waals surface area (Å²) in [7, 11) is -0.855. The molecule has 1 saturated carbocycles. The van der Waals surface area contributed by atoms with E-state index in [2.05, 4.69) is 58.3 Å². The van der Waals surface area contributed by atoms with Crippen molar-refractivity contribution in [3.63, 3.8) is 0 Å². The number of rotatable bonds is 11. The molecular weight excluding hydrogens is 899 g/mol. The normalized spacial score (nSPS) is 20.9. The Hall–Kier alpha value is -5.41. The molecule has 2 N–H and O–H groups in total. The number of nitrogens with zero attached hydrogens (tertiary/aromatic N) is 6. The number of hydrogen-bond acceptors (Lipinski definition) is 10. The first-order chi connectivity index (χ1) is 31.8. The maximum atomic E-state index is 18.2. The lowest BCUT2D eigenvalue weighted by Crippen LogP contribution is -2.64. The first-order valence-corrected chi connectivity index (χ1v) is 25.9. The molecule has 18 heteroatoms. The predicted octanol–water partition coefficient (Wildman–Crippen LogP) is 11.0. The fourth-order valence-corrected chi connectivity index (χ4v) is 16.7. The number of halogens is 4. The highest BCUT2D eigenvalue weighted by atomic mass is 28.3. The molecule has 366 valence electrons. The van der Waals surface area contributed by atoms with E-state index >= 15 is 4.39 Å². The number of benzene rings is 2. The lowest BCUT2D eigenvalue weighted by atomic mass is 9.95. The van der Waals surface area contributed by atoms with Gasteiger partial charge in [-0.05, 0) is 101 Å². The molecule has 2 aromatic carbocycles. The van der Waals surface area contributed by atoms with Crippen molar-refractivity contribution in [2.75, 3.05) is 43.5 Å². The van der Waals surface area contributed by atoms with E-state index in [1.54, 1.807) is 32.9 Å². The molecule has 0 spiro atoms. The number of ether oxygens (including phenoxy) is 3. The number of fused-ring (bicyclic) bond motifs is 6. The van der Waals surface area contributed by atoms with E-state index in [0.717, 1.165) is 0 Å². The highest BCUT2D eigenvalue weighted by Crippen LogP contribution is 2.50. The molecule has 3 aliphatic heterocycles. The third-order valence-electron chi connectivity index (χ3n) is 14.4. The van der Waals surface area contributed by atoms with Crippen LogP contribution in [0.2, 0.25) is 16.6 Å². The Kier molecular flexibility index (Phi) is 12.9. The molecule has 5 heterocycles. The maximum Gasteiger partial charge on any atom is 0.412 e. The summed E-state index contributed by atoms with van der Waals surface area (Å²) in [4.78, 5) is 45.2. The second-order valence-corrected chi connectivity index (χ2v) is 26.9. The average molecular weight is 962 g/mol. The van der Waals surface area contributed by atoms with E-state index in [1.165, 1.54) is 16.8 Å². The van der Waals surface area contributed by atoms with E-state index in [1.807, 2.05) is 30.0 Å². The molecule has 2 bridgehead atoms. The van der Waals surface area contributed by atoms with Crippen LogP contribution in [0.15, 0.2) is 30.3 Å². The smallest absolute Gasteiger partial charge is 0.412 e. The van der Waals surface area contributed by atoms with Crippen molar-refractivity contribution < 1.29 is 46.5 Å². The zero-order valence-corrected chi connectivity index (χ0v) is 41.8. The zero-order valence-electron chi connectivity index (χ0n) is 40.8. The summed E-state index contributed by atoms with van der Waals surface area (Å²) in [5.41, 5.74) is 4.35. The summed E-state index contributed by atoms with van der Waals surface area (Å²) in [6.07, 6.45) is -4.37. The molecule has 0 radical (unpaired) electrons. The molecule has 2 saturated heterocycles. The van der Waals surface area contributed by atoms with Crippen LogP contribution in [0.3, 0.4) is 0 Å². The molecule has 4 atom stereocenters. The second kappa shape index (κ2) is 17.8. The van der Waals surface area contributed by atoms with Crippen LogP contribution < -0.4 is 19.7 Å². The van der Waals surface area contributed by atoms with Crippen LogP contribution in [0.4, 0.5) is 38.7 Å². The van der Waals surface area contributed by atoms with Crippen LogP contribution in [0.1, 0.15) is 100 Å². The summed E-state index contributed by atoms with van der Waals surface area (Å²) in [6.45, 7) is 19.7. The number of carboxylic acid groups (broad SMARTS) is 1. The Labute approximate surface area is 396 Å². The molecule has 4 aliphatic rings. The van der Waals surface area contributed by atoms with Crippen molar-refractivity contribution in [2.24, 2.45) is 5.41 Å². The minimum atomic E-state index is -4.37.